The van der Waals surface area contributed by atoms with Gasteiger partial charge in [0.15, 0.2) is 0 Å². The van der Waals surface area contributed by atoms with Crippen LogP contribution in [0, 0.1) is 5.92 Å². The van der Waals surface area contributed by atoms with Crippen molar-refractivity contribution < 1.29 is 4.79 Å². The second-order valence-electron chi connectivity index (χ2n) is 4.60. The summed E-state index contributed by atoms with van der Waals surface area (Å²) in [7, 11) is 0. The normalized spacial score (nSPS) is 15.2. The van der Waals surface area contributed by atoms with Gasteiger partial charge in [0.05, 0.1) is 6.54 Å². The number of rotatable bonds is 3. The fourth-order valence-electron chi connectivity index (χ4n) is 1.97. The summed E-state index contributed by atoms with van der Waals surface area (Å²) in [5.74, 6) is 1.13. The molecule has 0 aliphatic carbocycles. The number of aliphatic imine (C=N–C) groups is 1. The molecule has 90 valence electrons. The predicted octanol–water partition coefficient (Wildman–Crippen LogP) is 2.13. The van der Waals surface area contributed by atoms with Crippen molar-refractivity contribution in [2.45, 2.75) is 20.3 Å². The molecule has 0 atom stereocenters. The van der Waals surface area contributed by atoms with E-state index in [9.17, 15) is 4.79 Å². The van der Waals surface area contributed by atoms with E-state index in [4.69, 9.17) is 0 Å². The van der Waals surface area contributed by atoms with Gasteiger partial charge in [-0.25, -0.2) is 0 Å². The Morgan fingerprint density at radius 1 is 1.35 bits per heavy atom. The highest BCUT2D eigenvalue weighted by molar-refractivity contribution is 6.00. The van der Waals surface area contributed by atoms with Crippen molar-refractivity contribution in [2.24, 2.45) is 10.9 Å². The molecular weight excluding hydrogens is 212 g/mol. The average molecular weight is 230 g/mol. The van der Waals surface area contributed by atoms with Crippen LogP contribution in [0.2, 0.25) is 0 Å². The smallest absolute Gasteiger partial charge is 0.230 e. The summed E-state index contributed by atoms with van der Waals surface area (Å²) in [6, 6.07) is 10.2. The summed E-state index contributed by atoms with van der Waals surface area (Å²) in [6.45, 7) is 5.33. The van der Waals surface area contributed by atoms with Crippen molar-refractivity contribution in [3.63, 3.8) is 0 Å². The van der Waals surface area contributed by atoms with Crippen LogP contribution in [0.3, 0.4) is 0 Å². The first kappa shape index (κ1) is 11.8. The molecule has 1 aliphatic rings. The van der Waals surface area contributed by atoms with Crippen LogP contribution in [0.4, 0.5) is 0 Å². The maximum atomic E-state index is 12.0. The molecule has 0 N–H and O–H groups in total. The first-order valence-electron chi connectivity index (χ1n) is 6.07. The minimum Gasteiger partial charge on any atom is -0.298 e. The molecule has 3 heteroatoms. The Balaban J connectivity index is 2.08. The monoisotopic (exact) mass is 230 g/mol. The number of amides is 1. The van der Waals surface area contributed by atoms with Crippen LogP contribution in [0.5, 0.6) is 0 Å². The van der Waals surface area contributed by atoms with Gasteiger partial charge in [-0.15, -0.1) is 0 Å². The molecule has 17 heavy (non-hydrogen) atoms. The van der Waals surface area contributed by atoms with Gasteiger partial charge in [0.1, 0.15) is 5.84 Å². The fourth-order valence-corrected chi connectivity index (χ4v) is 1.97. The maximum Gasteiger partial charge on any atom is 0.230 e. The third kappa shape index (κ3) is 2.73. The number of hydrogen-bond acceptors (Lipinski definition) is 2. The Labute approximate surface area is 102 Å². The summed E-state index contributed by atoms with van der Waals surface area (Å²) in [5.41, 5.74) is 1.20. The van der Waals surface area contributed by atoms with Crippen LogP contribution in [-0.2, 0) is 11.2 Å². The van der Waals surface area contributed by atoms with Crippen LogP contribution in [0.25, 0.3) is 0 Å². The highest BCUT2D eigenvalue weighted by Crippen LogP contribution is 2.12. The van der Waals surface area contributed by atoms with Gasteiger partial charge in [0.25, 0.3) is 0 Å². The van der Waals surface area contributed by atoms with Gasteiger partial charge in [0.2, 0.25) is 5.91 Å². The molecule has 0 aromatic heterocycles. The second-order valence-corrected chi connectivity index (χ2v) is 4.60. The Bertz CT molecular complexity index is 423. The molecule has 0 fully saturated rings. The molecule has 0 saturated carbocycles. The van der Waals surface area contributed by atoms with E-state index in [-0.39, 0.29) is 11.8 Å². The summed E-state index contributed by atoms with van der Waals surface area (Å²) < 4.78 is 0. The van der Waals surface area contributed by atoms with Crippen LogP contribution in [0.1, 0.15) is 19.4 Å². The van der Waals surface area contributed by atoms with Gasteiger partial charge < -0.3 is 0 Å². The van der Waals surface area contributed by atoms with Gasteiger partial charge in [0, 0.05) is 18.9 Å². The Kier molecular flexibility index (Phi) is 3.57. The van der Waals surface area contributed by atoms with Crippen molar-refractivity contribution in [2.75, 3.05) is 13.1 Å². The summed E-state index contributed by atoms with van der Waals surface area (Å²) >= 11 is 0. The number of amidine groups is 1. The van der Waals surface area contributed by atoms with Crippen molar-refractivity contribution in [3.05, 3.63) is 35.9 Å². The molecule has 3 nitrogen and oxygen atoms in total. The quantitative estimate of drug-likeness (QED) is 0.783. The summed E-state index contributed by atoms with van der Waals surface area (Å²) in [5, 5.41) is 0. The highest BCUT2D eigenvalue weighted by Gasteiger charge is 2.25. The largest absolute Gasteiger partial charge is 0.298 e. The van der Waals surface area contributed by atoms with Crippen LogP contribution >= 0.6 is 0 Å². The topological polar surface area (TPSA) is 32.7 Å². The average Bonchev–Trinajstić information content (AvgIpc) is 2.77. The number of carbonyl (C=O) groups is 1. The number of carbonyl (C=O) groups excluding carboxylic acids is 1. The summed E-state index contributed by atoms with van der Waals surface area (Å²) in [4.78, 5) is 18.3. The molecule has 2 rings (SSSR count). The number of nitrogens with zero attached hydrogens (tertiary/aromatic N) is 2. The third-order valence-corrected chi connectivity index (χ3v) is 2.89. The first-order chi connectivity index (χ1) is 8.18. The minimum absolute atomic E-state index is 0.0362. The van der Waals surface area contributed by atoms with E-state index in [1.165, 1.54) is 5.56 Å². The molecule has 0 radical (unpaired) electrons. The van der Waals surface area contributed by atoms with E-state index in [0.717, 1.165) is 25.3 Å². The zero-order valence-electron chi connectivity index (χ0n) is 10.4. The van der Waals surface area contributed by atoms with Crippen molar-refractivity contribution in [1.29, 1.82) is 0 Å². The Morgan fingerprint density at radius 2 is 2.06 bits per heavy atom. The number of benzene rings is 1. The van der Waals surface area contributed by atoms with E-state index < -0.39 is 0 Å². The minimum atomic E-state index is 0.0362. The molecule has 1 amide bonds. The van der Waals surface area contributed by atoms with E-state index >= 15 is 0 Å². The van der Waals surface area contributed by atoms with Crippen LogP contribution in [0.15, 0.2) is 35.3 Å². The molecule has 0 spiro atoms. The second kappa shape index (κ2) is 5.13. The zero-order valence-corrected chi connectivity index (χ0v) is 10.4. The zero-order chi connectivity index (χ0) is 12.3. The SMILES string of the molecule is CC(C)C(=O)N1CCN=C1Cc1ccccc1. The molecule has 1 heterocycles. The molecule has 1 aromatic carbocycles. The molecule has 1 aromatic rings. The Morgan fingerprint density at radius 3 is 2.71 bits per heavy atom. The third-order valence-electron chi connectivity index (χ3n) is 2.89. The van der Waals surface area contributed by atoms with Crippen molar-refractivity contribution in [1.82, 2.24) is 4.90 Å². The molecule has 0 saturated heterocycles. The lowest BCUT2D eigenvalue weighted by molar-refractivity contribution is -0.130. The van der Waals surface area contributed by atoms with E-state index in [2.05, 4.69) is 17.1 Å². The lowest BCUT2D eigenvalue weighted by atomic mass is 10.1. The highest BCUT2D eigenvalue weighted by atomic mass is 16.2. The van der Waals surface area contributed by atoms with Crippen LogP contribution in [-0.4, -0.2) is 29.7 Å². The van der Waals surface area contributed by atoms with Crippen LogP contribution < -0.4 is 0 Å². The molecular formula is C14H18N2O. The fraction of sp³-hybridized carbons (Fsp3) is 0.429. The van der Waals surface area contributed by atoms with E-state index in [1.807, 2.05) is 36.9 Å². The maximum absolute atomic E-state index is 12.0. The van der Waals surface area contributed by atoms with Gasteiger partial charge in [-0.3, -0.25) is 14.7 Å². The van der Waals surface area contributed by atoms with Gasteiger partial charge in [-0.2, -0.15) is 0 Å². The van der Waals surface area contributed by atoms with Gasteiger partial charge >= 0.3 is 0 Å². The Hall–Kier alpha value is -1.64. The standard InChI is InChI=1S/C14H18N2O/c1-11(2)14(17)16-9-8-15-13(16)10-12-6-4-3-5-7-12/h3-7,11H,8-10H2,1-2H3. The molecule has 1 aliphatic heterocycles. The van der Waals surface area contributed by atoms with E-state index in [1.54, 1.807) is 0 Å². The first-order valence-corrected chi connectivity index (χ1v) is 6.07. The lowest BCUT2D eigenvalue weighted by Gasteiger charge is -2.20. The van der Waals surface area contributed by atoms with Gasteiger partial charge in [-0.05, 0) is 5.56 Å². The lowest BCUT2D eigenvalue weighted by Crippen LogP contribution is -2.38. The van der Waals surface area contributed by atoms with Crippen molar-refractivity contribution >= 4 is 11.7 Å². The van der Waals surface area contributed by atoms with E-state index in [0.29, 0.717) is 0 Å². The van der Waals surface area contributed by atoms with Gasteiger partial charge in [-0.1, -0.05) is 44.2 Å². The molecule has 0 unspecified atom stereocenters. The number of hydrogen-bond donors (Lipinski definition) is 0. The summed E-state index contributed by atoms with van der Waals surface area (Å²) in [6.07, 6.45) is 0.749. The predicted molar refractivity (Wildman–Crippen MR) is 69.0 cm³/mol. The molecule has 0 bridgehead atoms. The van der Waals surface area contributed by atoms with Crippen molar-refractivity contribution in [3.8, 4) is 0 Å².